The summed E-state index contributed by atoms with van der Waals surface area (Å²) in [6.07, 6.45) is 1.38. The number of nitrogens with zero attached hydrogens (tertiary/aromatic N) is 1. The lowest BCUT2D eigenvalue weighted by atomic mass is 10.0. The second kappa shape index (κ2) is 5.56. The number of carbonyl (C=O) groups is 2. The number of aromatic nitrogens is 1. The molecule has 0 fully saturated rings. The van der Waals surface area contributed by atoms with Crippen molar-refractivity contribution in [2.75, 3.05) is 13.6 Å². The Hall–Kier alpha value is -2.46. The molecule has 0 amide bonds. The van der Waals surface area contributed by atoms with Crippen LogP contribution in [0.25, 0.3) is 21.8 Å². The first-order chi connectivity index (χ1) is 11.6. The zero-order chi connectivity index (χ0) is 16.8. The molecule has 0 saturated heterocycles. The summed E-state index contributed by atoms with van der Waals surface area (Å²) in [7, 11) is 1.94. The van der Waals surface area contributed by atoms with Crippen molar-refractivity contribution in [2.24, 2.45) is 0 Å². The van der Waals surface area contributed by atoms with Gasteiger partial charge in [0, 0.05) is 52.4 Å². The number of rotatable bonds is 4. The molecule has 2 aromatic carbocycles. The molecule has 0 atom stereocenters. The lowest BCUT2D eigenvalue weighted by molar-refractivity contribution is 0.0991. The molecule has 0 radical (unpaired) electrons. The van der Waals surface area contributed by atoms with Gasteiger partial charge in [-0.05, 0) is 56.3 Å². The highest BCUT2D eigenvalue weighted by atomic mass is 16.1. The predicted octanol–water partition coefficient (Wildman–Crippen LogP) is 3.35. The largest absolute Gasteiger partial charge is 0.339 e. The second-order valence-electron chi connectivity index (χ2n) is 6.45. The Morgan fingerprint density at radius 1 is 1.17 bits per heavy atom. The number of carbonyl (C=O) groups excluding carboxylic acids is 2. The van der Waals surface area contributed by atoms with E-state index < -0.39 is 0 Å². The maximum absolute atomic E-state index is 12.1. The van der Waals surface area contributed by atoms with Gasteiger partial charge in [-0.15, -0.1) is 0 Å². The van der Waals surface area contributed by atoms with E-state index in [0.717, 1.165) is 58.0 Å². The minimum Gasteiger partial charge on any atom is -0.339 e. The normalized spacial score (nSPS) is 13.8. The number of hydrogen-bond donors (Lipinski definition) is 1. The first-order valence-corrected chi connectivity index (χ1v) is 8.38. The number of benzene rings is 2. The SMILES string of the molecule is CNCCn1c2ccc(C(C)=O)cc2c2c3c(ccc21)C(=O)CC3. The third kappa shape index (κ3) is 2.10. The number of Topliss-reactive ketones (excluding diaryl/α,β-unsaturated/α-hetero) is 2. The Bertz CT molecular complexity index is 998. The fourth-order valence-electron chi connectivity index (χ4n) is 3.84. The third-order valence-electron chi connectivity index (χ3n) is 5.03. The molecule has 1 aromatic heterocycles. The molecular weight excluding hydrogens is 300 g/mol. The van der Waals surface area contributed by atoms with Crippen LogP contribution in [0.3, 0.4) is 0 Å². The first-order valence-electron chi connectivity index (χ1n) is 8.38. The predicted molar refractivity (Wildman–Crippen MR) is 96.0 cm³/mol. The number of fused-ring (bicyclic) bond motifs is 5. The smallest absolute Gasteiger partial charge is 0.163 e. The Morgan fingerprint density at radius 2 is 1.96 bits per heavy atom. The van der Waals surface area contributed by atoms with E-state index in [1.807, 2.05) is 31.3 Å². The van der Waals surface area contributed by atoms with Crippen LogP contribution in [0, 0.1) is 0 Å². The van der Waals surface area contributed by atoms with Gasteiger partial charge >= 0.3 is 0 Å². The van der Waals surface area contributed by atoms with E-state index in [2.05, 4.69) is 16.0 Å². The highest BCUT2D eigenvalue weighted by molar-refractivity contribution is 6.16. The van der Waals surface area contributed by atoms with Crippen molar-refractivity contribution in [1.82, 2.24) is 9.88 Å². The van der Waals surface area contributed by atoms with E-state index in [9.17, 15) is 9.59 Å². The maximum atomic E-state index is 12.1. The molecule has 0 aliphatic heterocycles. The molecule has 4 heteroatoms. The fourth-order valence-corrected chi connectivity index (χ4v) is 3.84. The summed E-state index contributed by atoms with van der Waals surface area (Å²) in [5, 5.41) is 5.42. The Kier molecular flexibility index (Phi) is 3.50. The molecule has 1 N–H and O–H groups in total. The molecule has 4 rings (SSSR count). The minimum absolute atomic E-state index is 0.0664. The van der Waals surface area contributed by atoms with E-state index in [1.165, 1.54) is 0 Å². The molecule has 3 aromatic rings. The van der Waals surface area contributed by atoms with E-state index in [0.29, 0.717) is 6.42 Å². The topological polar surface area (TPSA) is 51.1 Å². The van der Waals surface area contributed by atoms with Gasteiger partial charge in [0.2, 0.25) is 0 Å². The van der Waals surface area contributed by atoms with Gasteiger partial charge in [-0.1, -0.05) is 0 Å². The molecule has 24 heavy (non-hydrogen) atoms. The van der Waals surface area contributed by atoms with Gasteiger partial charge in [-0.25, -0.2) is 0 Å². The molecule has 0 bridgehead atoms. The van der Waals surface area contributed by atoms with Crippen molar-refractivity contribution in [3.8, 4) is 0 Å². The molecule has 122 valence electrons. The number of nitrogens with one attached hydrogen (secondary N) is 1. The molecule has 1 aliphatic carbocycles. The van der Waals surface area contributed by atoms with Crippen LogP contribution in [0.1, 0.15) is 39.6 Å². The Balaban J connectivity index is 2.10. The molecule has 0 saturated carbocycles. The van der Waals surface area contributed by atoms with E-state index in [-0.39, 0.29) is 11.6 Å². The average Bonchev–Trinajstić information content (AvgIpc) is 3.10. The van der Waals surface area contributed by atoms with Crippen LogP contribution >= 0.6 is 0 Å². The van der Waals surface area contributed by atoms with Gasteiger partial charge in [-0.2, -0.15) is 0 Å². The zero-order valence-corrected chi connectivity index (χ0v) is 14.0. The van der Waals surface area contributed by atoms with Crippen LogP contribution in [-0.4, -0.2) is 29.7 Å². The standard InChI is InChI=1S/C20H20N2O2/c1-12(23)13-3-6-17-16(11-13)20-15-5-8-19(24)14(15)4-7-18(20)22(17)10-9-21-2/h3-4,6-7,11,21H,5,8-10H2,1-2H3. The van der Waals surface area contributed by atoms with Crippen LogP contribution < -0.4 is 5.32 Å². The molecular formula is C20H20N2O2. The summed E-state index contributed by atoms with van der Waals surface area (Å²) >= 11 is 0. The van der Waals surface area contributed by atoms with Crippen molar-refractivity contribution in [3.63, 3.8) is 0 Å². The van der Waals surface area contributed by atoms with Crippen LogP contribution in [0.2, 0.25) is 0 Å². The van der Waals surface area contributed by atoms with Crippen LogP contribution in [0.5, 0.6) is 0 Å². The quantitative estimate of drug-likeness (QED) is 0.750. The Labute approximate surface area is 140 Å². The van der Waals surface area contributed by atoms with Crippen LogP contribution in [0.15, 0.2) is 30.3 Å². The van der Waals surface area contributed by atoms with E-state index in [1.54, 1.807) is 6.92 Å². The molecule has 4 nitrogen and oxygen atoms in total. The second-order valence-corrected chi connectivity index (χ2v) is 6.45. The van der Waals surface area contributed by atoms with Crippen molar-refractivity contribution >= 4 is 33.4 Å². The lowest BCUT2D eigenvalue weighted by Gasteiger charge is -2.07. The summed E-state index contributed by atoms with van der Waals surface area (Å²) in [5.41, 5.74) is 4.99. The summed E-state index contributed by atoms with van der Waals surface area (Å²) < 4.78 is 2.29. The van der Waals surface area contributed by atoms with E-state index >= 15 is 0 Å². The summed E-state index contributed by atoms with van der Waals surface area (Å²) in [6, 6.07) is 9.93. The van der Waals surface area contributed by atoms with Gasteiger partial charge in [0.1, 0.15) is 0 Å². The maximum Gasteiger partial charge on any atom is 0.163 e. The van der Waals surface area contributed by atoms with Crippen LogP contribution in [0.4, 0.5) is 0 Å². The van der Waals surface area contributed by atoms with Crippen LogP contribution in [-0.2, 0) is 13.0 Å². The molecule has 1 heterocycles. The first kappa shape index (κ1) is 15.1. The number of hydrogen-bond acceptors (Lipinski definition) is 3. The average molecular weight is 320 g/mol. The highest BCUT2D eigenvalue weighted by Gasteiger charge is 2.24. The van der Waals surface area contributed by atoms with Gasteiger partial charge in [0.05, 0.1) is 0 Å². The van der Waals surface area contributed by atoms with Gasteiger partial charge < -0.3 is 9.88 Å². The monoisotopic (exact) mass is 320 g/mol. The molecule has 0 unspecified atom stereocenters. The summed E-state index contributed by atoms with van der Waals surface area (Å²) in [5.74, 6) is 0.294. The lowest BCUT2D eigenvalue weighted by Crippen LogP contribution is -2.14. The number of aryl methyl sites for hydroxylation is 1. The van der Waals surface area contributed by atoms with Crippen molar-refractivity contribution in [2.45, 2.75) is 26.3 Å². The number of likely N-dealkylation sites (N-methyl/N-ethyl adjacent to an activating group) is 1. The van der Waals surface area contributed by atoms with E-state index in [4.69, 9.17) is 0 Å². The van der Waals surface area contributed by atoms with Crippen molar-refractivity contribution < 1.29 is 9.59 Å². The van der Waals surface area contributed by atoms with Gasteiger partial charge in [0.25, 0.3) is 0 Å². The summed E-state index contributed by atoms with van der Waals surface area (Å²) in [4.78, 5) is 23.9. The number of ketones is 2. The summed E-state index contributed by atoms with van der Waals surface area (Å²) in [6.45, 7) is 3.31. The van der Waals surface area contributed by atoms with Gasteiger partial charge in [-0.3, -0.25) is 9.59 Å². The highest BCUT2D eigenvalue weighted by Crippen LogP contribution is 2.37. The Morgan fingerprint density at radius 3 is 2.71 bits per heavy atom. The zero-order valence-electron chi connectivity index (χ0n) is 14.0. The molecule has 0 spiro atoms. The van der Waals surface area contributed by atoms with Gasteiger partial charge in [0.15, 0.2) is 11.6 Å². The molecule has 1 aliphatic rings. The van der Waals surface area contributed by atoms with Crippen molar-refractivity contribution in [1.29, 1.82) is 0 Å². The third-order valence-corrected chi connectivity index (χ3v) is 5.03. The minimum atomic E-state index is 0.0664. The van der Waals surface area contributed by atoms with Crippen molar-refractivity contribution in [3.05, 3.63) is 47.0 Å². The fraction of sp³-hybridized carbons (Fsp3) is 0.300.